The van der Waals surface area contributed by atoms with Gasteiger partial charge in [0.05, 0.1) is 11.3 Å². The molecule has 0 fully saturated rings. The standard InChI is InChI=1S/C26H21F3N8O/c1-16-14-36(15-32-16)23-7-8-31-25(35-23)34-20-5-3-18(4-6-20)24(38)33-21-11-19(26(27,28)29)12-22(13-21)37-10-9-30-17(37)2/h3-15H,1-2H3,(H,33,38)(H,31,34,35). The second-order valence-electron chi connectivity index (χ2n) is 8.43. The van der Waals surface area contributed by atoms with Crippen molar-refractivity contribution in [1.29, 1.82) is 0 Å². The fourth-order valence-corrected chi connectivity index (χ4v) is 3.77. The highest BCUT2D eigenvalue weighted by molar-refractivity contribution is 6.04. The predicted octanol–water partition coefficient (Wildman–Crippen LogP) is 5.48. The molecule has 12 heteroatoms. The Hall–Kier alpha value is -5.00. The summed E-state index contributed by atoms with van der Waals surface area (Å²) >= 11 is 0. The molecule has 3 aromatic heterocycles. The smallest absolute Gasteiger partial charge is 0.324 e. The Labute approximate surface area is 215 Å². The monoisotopic (exact) mass is 518 g/mol. The summed E-state index contributed by atoms with van der Waals surface area (Å²) in [6, 6.07) is 11.5. The van der Waals surface area contributed by atoms with Crippen LogP contribution in [-0.4, -0.2) is 35.0 Å². The lowest BCUT2D eigenvalue weighted by Crippen LogP contribution is -2.14. The first kappa shape index (κ1) is 24.7. The number of anilines is 3. The highest BCUT2D eigenvalue weighted by atomic mass is 19.4. The lowest BCUT2D eigenvalue weighted by atomic mass is 10.1. The van der Waals surface area contributed by atoms with Gasteiger partial charge in [-0.3, -0.25) is 9.36 Å². The molecule has 0 saturated carbocycles. The van der Waals surface area contributed by atoms with Crippen LogP contribution in [0.5, 0.6) is 0 Å². The molecule has 0 spiro atoms. The number of nitrogens with zero attached hydrogens (tertiary/aromatic N) is 6. The topological polar surface area (TPSA) is 103 Å². The molecular formula is C26H21F3N8O. The van der Waals surface area contributed by atoms with Gasteiger partial charge in [0.1, 0.15) is 18.0 Å². The second-order valence-corrected chi connectivity index (χ2v) is 8.43. The van der Waals surface area contributed by atoms with Gasteiger partial charge in [0, 0.05) is 47.4 Å². The molecule has 0 unspecified atom stereocenters. The van der Waals surface area contributed by atoms with Crippen molar-refractivity contribution in [2.24, 2.45) is 0 Å². The molecule has 9 nitrogen and oxygen atoms in total. The Morgan fingerprint density at radius 2 is 1.71 bits per heavy atom. The molecule has 1 amide bonds. The van der Waals surface area contributed by atoms with Gasteiger partial charge in [-0.1, -0.05) is 0 Å². The van der Waals surface area contributed by atoms with Gasteiger partial charge in [-0.05, 0) is 62.4 Å². The molecule has 0 atom stereocenters. The summed E-state index contributed by atoms with van der Waals surface area (Å²) in [7, 11) is 0. The van der Waals surface area contributed by atoms with Crippen LogP contribution in [0.2, 0.25) is 0 Å². The summed E-state index contributed by atoms with van der Waals surface area (Å²) < 4.78 is 43.9. The van der Waals surface area contributed by atoms with Crippen molar-refractivity contribution in [2.45, 2.75) is 20.0 Å². The van der Waals surface area contributed by atoms with Crippen molar-refractivity contribution >= 4 is 23.2 Å². The van der Waals surface area contributed by atoms with E-state index in [2.05, 4.69) is 30.6 Å². The zero-order valence-electron chi connectivity index (χ0n) is 20.2. The fourth-order valence-electron chi connectivity index (χ4n) is 3.77. The van der Waals surface area contributed by atoms with E-state index in [4.69, 9.17) is 0 Å². The van der Waals surface area contributed by atoms with E-state index in [-0.39, 0.29) is 16.9 Å². The minimum atomic E-state index is -4.59. The number of imidazole rings is 2. The highest BCUT2D eigenvalue weighted by Crippen LogP contribution is 2.33. The number of hydrogen-bond donors (Lipinski definition) is 2. The summed E-state index contributed by atoms with van der Waals surface area (Å²) in [5.74, 6) is 0.931. The van der Waals surface area contributed by atoms with Crippen molar-refractivity contribution in [3.8, 4) is 11.5 Å². The molecule has 3 heterocycles. The van der Waals surface area contributed by atoms with E-state index in [1.54, 1.807) is 60.5 Å². The lowest BCUT2D eigenvalue weighted by molar-refractivity contribution is -0.137. The van der Waals surface area contributed by atoms with Crippen LogP contribution in [0.1, 0.15) is 27.4 Å². The number of benzene rings is 2. The van der Waals surface area contributed by atoms with Crippen LogP contribution in [-0.2, 0) is 6.18 Å². The summed E-state index contributed by atoms with van der Waals surface area (Å²) in [6.45, 7) is 3.55. The molecule has 192 valence electrons. The number of amides is 1. The van der Waals surface area contributed by atoms with Crippen LogP contribution in [0.15, 0.2) is 79.6 Å². The third-order valence-corrected chi connectivity index (χ3v) is 5.63. The van der Waals surface area contributed by atoms with Crippen LogP contribution in [0.25, 0.3) is 11.5 Å². The maximum atomic E-state index is 13.5. The number of halogens is 3. The Morgan fingerprint density at radius 3 is 2.37 bits per heavy atom. The third-order valence-electron chi connectivity index (χ3n) is 5.63. The number of hydrogen-bond acceptors (Lipinski definition) is 6. The van der Waals surface area contributed by atoms with Crippen LogP contribution < -0.4 is 10.6 Å². The zero-order valence-corrected chi connectivity index (χ0v) is 20.2. The number of carbonyl (C=O) groups excluding carboxylic acids is 1. The van der Waals surface area contributed by atoms with Crippen molar-refractivity contribution in [3.05, 3.63) is 102 Å². The molecule has 2 aromatic carbocycles. The van der Waals surface area contributed by atoms with Crippen LogP contribution in [0.3, 0.4) is 0 Å². The van der Waals surface area contributed by atoms with Gasteiger partial charge >= 0.3 is 6.18 Å². The Morgan fingerprint density at radius 1 is 0.921 bits per heavy atom. The van der Waals surface area contributed by atoms with Crippen molar-refractivity contribution < 1.29 is 18.0 Å². The van der Waals surface area contributed by atoms with Gasteiger partial charge in [0.25, 0.3) is 5.91 Å². The van der Waals surface area contributed by atoms with E-state index in [1.165, 1.54) is 16.8 Å². The molecule has 5 aromatic rings. The first-order chi connectivity index (χ1) is 18.2. The SMILES string of the molecule is Cc1cn(-c2ccnc(Nc3ccc(C(=O)Nc4cc(-n5ccnc5C)cc(C(F)(F)F)c4)cc3)n2)cn1. The van der Waals surface area contributed by atoms with E-state index in [9.17, 15) is 18.0 Å². The quantitative estimate of drug-likeness (QED) is 0.309. The Kier molecular flexibility index (Phi) is 6.37. The molecule has 0 aliphatic heterocycles. The lowest BCUT2D eigenvalue weighted by Gasteiger charge is -2.14. The normalized spacial score (nSPS) is 11.4. The number of aromatic nitrogens is 6. The van der Waals surface area contributed by atoms with Crippen molar-refractivity contribution in [3.63, 3.8) is 0 Å². The van der Waals surface area contributed by atoms with Crippen LogP contribution in [0.4, 0.5) is 30.5 Å². The first-order valence-electron chi connectivity index (χ1n) is 11.4. The van der Waals surface area contributed by atoms with E-state index >= 15 is 0 Å². The number of carbonyl (C=O) groups is 1. The average Bonchev–Trinajstić information content (AvgIpc) is 3.52. The minimum absolute atomic E-state index is 0.00933. The average molecular weight is 519 g/mol. The highest BCUT2D eigenvalue weighted by Gasteiger charge is 2.31. The Bertz CT molecular complexity index is 1610. The van der Waals surface area contributed by atoms with Crippen LogP contribution >= 0.6 is 0 Å². The summed E-state index contributed by atoms with van der Waals surface area (Å²) in [6.07, 6.45) is 3.55. The molecule has 0 aliphatic carbocycles. The largest absolute Gasteiger partial charge is 0.416 e. The van der Waals surface area contributed by atoms with Gasteiger partial charge in [0.15, 0.2) is 0 Å². The molecule has 5 rings (SSSR count). The summed E-state index contributed by atoms with van der Waals surface area (Å²) in [5.41, 5.74) is 1.10. The van der Waals surface area contributed by atoms with E-state index in [0.717, 1.165) is 17.8 Å². The molecule has 38 heavy (non-hydrogen) atoms. The predicted molar refractivity (Wildman–Crippen MR) is 135 cm³/mol. The van der Waals surface area contributed by atoms with Gasteiger partial charge in [-0.2, -0.15) is 18.2 Å². The minimum Gasteiger partial charge on any atom is -0.324 e. The van der Waals surface area contributed by atoms with Gasteiger partial charge < -0.3 is 15.2 Å². The number of alkyl halides is 3. The van der Waals surface area contributed by atoms with Crippen molar-refractivity contribution in [1.82, 2.24) is 29.1 Å². The fraction of sp³-hybridized carbons (Fsp3) is 0.115. The summed E-state index contributed by atoms with van der Waals surface area (Å²) in [5, 5.41) is 5.63. The summed E-state index contributed by atoms with van der Waals surface area (Å²) in [4.78, 5) is 29.8. The zero-order chi connectivity index (χ0) is 26.9. The van der Waals surface area contributed by atoms with Gasteiger partial charge in [0.2, 0.25) is 5.95 Å². The molecule has 0 aliphatic rings. The Balaban J connectivity index is 1.33. The molecule has 0 bridgehead atoms. The van der Waals surface area contributed by atoms with Gasteiger partial charge in [-0.25, -0.2) is 15.0 Å². The molecule has 0 saturated heterocycles. The third kappa shape index (κ3) is 5.38. The van der Waals surface area contributed by atoms with E-state index in [1.807, 2.05) is 13.1 Å². The van der Waals surface area contributed by atoms with Crippen molar-refractivity contribution in [2.75, 3.05) is 10.6 Å². The van der Waals surface area contributed by atoms with Gasteiger partial charge in [-0.15, -0.1) is 0 Å². The van der Waals surface area contributed by atoms with E-state index < -0.39 is 17.6 Å². The number of rotatable bonds is 6. The maximum absolute atomic E-state index is 13.5. The number of aryl methyl sites for hydroxylation is 2. The van der Waals surface area contributed by atoms with Crippen LogP contribution in [0, 0.1) is 13.8 Å². The maximum Gasteiger partial charge on any atom is 0.416 e. The van der Waals surface area contributed by atoms with E-state index in [0.29, 0.717) is 23.3 Å². The second kappa shape index (κ2) is 9.81. The first-order valence-corrected chi connectivity index (χ1v) is 11.4. The molecule has 0 radical (unpaired) electrons. The number of nitrogens with one attached hydrogen (secondary N) is 2. The molecular weight excluding hydrogens is 497 g/mol. The molecule has 2 N–H and O–H groups in total.